The number of amides is 1. The van der Waals surface area contributed by atoms with Crippen molar-refractivity contribution in [2.45, 2.75) is 39.9 Å². The van der Waals surface area contributed by atoms with Crippen molar-refractivity contribution >= 4 is 17.2 Å². The summed E-state index contributed by atoms with van der Waals surface area (Å²) in [7, 11) is 2.03. The van der Waals surface area contributed by atoms with Crippen molar-refractivity contribution in [2.75, 3.05) is 13.6 Å². The van der Waals surface area contributed by atoms with Crippen LogP contribution in [0.25, 0.3) is 0 Å². The first-order chi connectivity index (χ1) is 11.0. The number of thiophene rings is 1. The van der Waals surface area contributed by atoms with Gasteiger partial charge in [-0.2, -0.15) is 0 Å². The van der Waals surface area contributed by atoms with E-state index in [0.29, 0.717) is 6.54 Å². The SMILES string of the molecule is CCN(Cc1ccccc1)C(=O)C(C)N(C)Cc1sccc1C. The molecule has 0 radical (unpaired) electrons. The lowest BCUT2D eigenvalue weighted by molar-refractivity contribution is -0.136. The third kappa shape index (κ3) is 4.66. The zero-order valence-electron chi connectivity index (χ0n) is 14.5. The number of benzene rings is 1. The monoisotopic (exact) mass is 330 g/mol. The third-order valence-corrected chi connectivity index (χ3v) is 5.30. The van der Waals surface area contributed by atoms with Gasteiger partial charge in [0.15, 0.2) is 0 Å². The van der Waals surface area contributed by atoms with Crippen LogP contribution in [0.4, 0.5) is 0 Å². The number of carbonyl (C=O) groups excluding carboxylic acids is 1. The number of aryl methyl sites for hydroxylation is 1. The maximum atomic E-state index is 12.8. The Labute approximate surface area is 143 Å². The molecule has 2 aromatic rings. The van der Waals surface area contributed by atoms with Crippen molar-refractivity contribution in [3.05, 3.63) is 57.8 Å². The van der Waals surface area contributed by atoms with Crippen LogP contribution in [0, 0.1) is 6.92 Å². The highest BCUT2D eigenvalue weighted by Gasteiger charge is 2.23. The zero-order valence-corrected chi connectivity index (χ0v) is 15.3. The molecule has 1 unspecified atom stereocenters. The summed E-state index contributed by atoms with van der Waals surface area (Å²) in [6.45, 7) is 8.38. The second kappa shape index (κ2) is 8.27. The van der Waals surface area contributed by atoms with E-state index in [2.05, 4.69) is 35.4 Å². The lowest BCUT2D eigenvalue weighted by Crippen LogP contribution is -2.45. The first-order valence-electron chi connectivity index (χ1n) is 8.08. The third-order valence-electron chi connectivity index (χ3n) is 4.29. The lowest BCUT2D eigenvalue weighted by atomic mass is 10.1. The molecule has 0 aliphatic heterocycles. The second-order valence-corrected chi connectivity index (χ2v) is 6.96. The zero-order chi connectivity index (χ0) is 16.8. The average molecular weight is 330 g/mol. The van der Waals surface area contributed by atoms with Crippen molar-refractivity contribution < 1.29 is 4.79 Å². The van der Waals surface area contributed by atoms with Gasteiger partial charge >= 0.3 is 0 Å². The molecule has 124 valence electrons. The van der Waals surface area contributed by atoms with Crippen LogP contribution in [0.15, 0.2) is 41.8 Å². The molecule has 0 saturated carbocycles. The van der Waals surface area contributed by atoms with Gasteiger partial charge in [0.2, 0.25) is 5.91 Å². The van der Waals surface area contributed by atoms with E-state index in [9.17, 15) is 4.79 Å². The Morgan fingerprint density at radius 1 is 1.17 bits per heavy atom. The smallest absolute Gasteiger partial charge is 0.239 e. The van der Waals surface area contributed by atoms with E-state index in [0.717, 1.165) is 13.1 Å². The fraction of sp³-hybridized carbons (Fsp3) is 0.421. The summed E-state index contributed by atoms with van der Waals surface area (Å²) in [5.74, 6) is 0.188. The van der Waals surface area contributed by atoms with E-state index in [1.54, 1.807) is 11.3 Å². The van der Waals surface area contributed by atoms with E-state index >= 15 is 0 Å². The summed E-state index contributed by atoms with van der Waals surface area (Å²) in [6, 6.07) is 12.2. The van der Waals surface area contributed by atoms with Gasteiger partial charge in [0.05, 0.1) is 6.04 Å². The van der Waals surface area contributed by atoms with Gasteiger partial charge < -0.3 is 4.90 Å². The van der Waals surface area contributed by atoms with Crippen LogP contribution in [0.5, 0.6) is 0 Å². The van der Waals surface area contributed by atoms with Crippen molar-refractivity contribution in [1.29, 1.82) is 0 Å². The normalized spacial score (nSPS) is 12.4. The van der Waals surface area contributed by atoms with Gasteiger partial charge in [0, 0.05) is 24.5 Å². The predicted octanol–water partition coefficient (Wildman–Crippen LogP) is 3.93. The summed E-state index contributed by atoms with van der Waals surface area (Å²) in [5.41, 5.74) is 2.48. The van der Waals surface area contributed by atoms with Gasteiger partial charge in [-0.3, -0.25) is 9.69 Å². The Morgan fingerprint density at radius 2 is 1.87 bits per heavy atom. The number of likely N-dealkylation sites (N-methyl/N-ethyl adjacent to an activating group) is 2. The van der Waals surface area contributed by atoms with E-state index in [1.807, 2.05) is 44.0 Å². The van der Waals surface area contributed by atoms with E-state index < -0.39 is 0 Å². The average Bonchev–Trinajstić information content (AvgIpc) is 2.97. The number of nitrogens with zero attached hydrogens (tertiary/aromatic N) is 2. The summed E-state index contributed by atoms with van der Waals surface area (Å²) < 4.78 is 0. The molecule has 0 fully saturated rings. The highest BCUT2D eigenvalue weighted by Crippen LogP contribution is 2.19. The number of rotatable bonds is 7. The van der Waals surface area contributed by atoms with Crippen LogP contribution in [0.1, 0.15) is 29.9 Å². The maximum absolute atomic E-state index is 12.8. The van der Waals surface area contributed by atoms with E-state index in [-0.39, 0.29) is 11.9 Å². The van der Waals surface area contributed by atoms with E-state index in [4.69, 9.17) is 0 Å². The largest absolute Gasteiger partial charge is 0.337 e. The molecule has 1 aromatic carbocycles. The molecule has 4 heteroatoms. The second-order valence-electron chi connectivity index (χ2n) is 5.96. The van der Waals surface area contributed by atoms with Gasteiger partial charge in [0.25, 0.3) is 0 Å². The Morgan fingerprint density at radius 3 is 2.43 bits per heavy atom. The van der Waals surface area contributed by atoms with Crippen molar-refractivity contribution in [2.24, 2.45) is 0 Å². The standard InChI is InChI=1S/C19H26N2OS/c1-5-21(13-17-9-7-6-8-10-17)19(22)16(3)20(4)14-18-15(2)11-12-23-18/h6-12,16H,5,13-14H2,1-4H3. The molecule has 1 aromatic heterocycles. The highest BCUT2D eigenvalue weighted by molar-refractivity contribution is 7.10. The van der Waals surface area contributed by atoms with Crippen LogP contribution < -0.4 is 0 Å². The van der Waals surface area contributed by atoms with Crippen molar-refractivity contribution in [1.82, 2.24) is 9.80 Å². The summed E-state index contributed by atoms with van der Waals surface area (Å²) >= 11 is 1.76. The first kappa shape index (κ1) is 17.7. The predicted molar refractivity (Wildman–Crippen MR) is 97.5 cm³/mol. The van der Waals surface area contributed by atoms with Gasteiger partial charge in [0.1, 0.15) is 0 Å². The Hall–Kier alpha value is -1.65. The molecule has 0 saturated heterocycles. The fourth-order valence-electron chi connectivity index (χ4n) is 2.53. The molecule has 23 heavy (non-hydrogen) atoms. The van der Waals surface area contributed by atoms with E-state index in [1.165, 1.54) is 16.0 Å². The van der Waals surface area contributed by atoms with Gasteiger partial charge in [-0.15, -0.1) is 11.3 Å². The summed E-state index contributed by atoms with van der Waals surface area (Å²) in [4.78, 5) is 18.2. The minimum atomic E-state index is -0.125. The molecule has 1 heterocycles. The first-order valence-corrected chi connectivity index (χ1v) is 8.96. The van der Waals surface area contributed by atoms with Crippen molar-refractivity contribution in [3.8, 4) is 0 Å². The molecule has 0 bridgehead atoms. The molecule has 0 aliphatic carbocycles. The van der Waals surface area contributed by atoms with Gasteiger partial charge in [-0.05, 0) is 50.4 Å². The highest BCUT2D eigenvalue weighted by atomic mass is 32.1. The van der Waals surface area contributed by atoms with Crippen LogP contribution in [-0.2, 0) is 17.9 Å². The van der Waals surface area contributed by atoms with Gasteiger partial charge in [-0.1, -0.05) is 30.3 Å². The minimum Gasteiger partial charge on any atom is -0.337 e. The number of hydrogen-bond donors (Lipinski definition) is 0. The Bertz CT molecular complexity index is 623. The molecule has 3 nitrogen and oxygen atoms in total. The molecule has 1 atom stereocenters. The Kier molecular flexibility index (Phi) is 6.37. The van der Waals surface area contributed by atoms with Crippen LogP contribution in [0.3, 0.4) is 0 Å². The van der Waals surface area contributed by atoms with Crippen LogP contribution in [0.2, 0.25) is 0 Å². The van der Waals surface area contributed by atoms with Crippen molar-refractivity contribution in [3.63, 3.8) is 0 Å². The van der Waals surface area contributed by atoms with Gasteiger partial charge in [-0.25, -0.2) is 0 Å². The summed E-state index contributed by atoms with van der Waals surface area (Å²) in [6.07, 6.45) is 0. The maximum Gasteiger partial charge on any atom is 0.239 e. The molecule has 2 rings (SSSR count). The van der Waals surface area contributed by atoms with Crippen LogP contribution in [-0.4, -0.2) is 35.3 Å². The molecular weight excluding hydrogens is 304 g/mol. The summed E-state index contributed by atoms with van der Waals surface area (Å²) in [5, 5.41) is 2.11. The molecule has 1 amide bonds. The Balaban J connectivity index is 2.00. The topological polar surface area (TPSA) is 23.6 Å². The molecule has 0 aliphatic rings. The molecule has 0 N–H and O–H groups in total. The quantitative estimate of drug-likeness (QED) is 0.768. The van der Waals surface area contributed by atoms with Crippen LogP contribution >= 0.6 is 11.3 Å². The lowest BCUT2D eigenvalue weighted by Gasteiger charge is -2.30. The fourth-order valence-corrected chi connectivity index (χ4v) is 3.50. The molecule has 0 spiro atoms. The minimum absolute atomic E-state index is 0.125. The number of carbonyl (C=O) groups is 1. The molecular formula is C19H26N2OS. The number of hydrogen-bond acceptors (Lipinski definition) is 3.